The largest absolute Gasteiger partial charge is 0.497 e. The fourth-order valence-corrected chi connectivity index (χ4v) is 4.47. The van der Waals surface area contributed by atoms with Crippen LogP contribution in [0.3, 0.4) is 0 Å². The zero-order valence-electron chi connectivity index (χ0n) is 18.3. The van der Waals surface area contributed by atoms with Crippen LogP contribution in [-0.2, 0) is 9.53 Å². The van der Waals surface area contributed by atoms with Crippen LogP contribution in [0.15, 0.2) is 54.7 Å². The van der Waals surface area contributed by atoms with Crippen molar-refractivity contribution in [1.29, 1.82) is 0 Å². The van der Waals surface area contributed by atoms with Crippen molar-refractivity contribution in [3.8, 4) is 22.6 Å². The van der Waals surface area contributed by atoms with E-state index in [-0.39, 0.29) is 18.1 Å². The van der Waals surface area contributed by atoms with E-state index in [1.807, 2.05) is 41.4 Å². The van der Waals surface area contributed by atoms with Gasteiger partial charge in [0.15, 0.2) is 0 Å². The van der Waals surface area contributed by atoms with Gasteiger partial charge >= 0.3 is 0 Å². The Labute approximate surface area is 188 Å². The summed E-state index contributed by atoms with van der Waals surface area (Å²) in [5.74, 6) is 1.81. The van der Waals surface area contributed by atoms with Gasteiger partial charge in [-0.1, -0.05) is 12.1 Å². The molecular weight excluding hydrogens is 404 g/mol. The fourth-order valence-electron chi connectivity index (χ4n) is 4.47. The molecule has 3 heterocycles. The number of rotatable bonds is 5. The first-order valence-electron chi connectivity index (χ1n) is 11.3. The van der Waals surface area contributed by atoms with Crippen LogP contribution in [0.5, 0.6) is 11.5 Å². The monoisotopic (exact) mass is 432 g/mol. The topological polar surface area (TPSA) is 60.9 Å². The van der Waals surface area contributed by atoms with E-state index in [1.165, 1.54) is 0 Å². The third kappa shape index (κ3) is 4.41. The van der Waals surface area contributed by atoms with Crippen molar-refractivity contribution in [3.05, 3.63) is 54.7 Å². The molecule has 0 N–H and O–H groups in total. The second kappa shape index (κ2) is 9.17. The van der Waals surface area contributed by atoms with E-state index in [4.69, 9.17) is 14.2 Å². The Morgan fingerprint density at radius 1 is 1.00 bits per heavy atom. The number of carbonyl (C=O) groups excluding carboxylic acids is 1. The molecule has 6 heteroatoms. The molecule has 2 aromatic carbocycles. The molecule has 0 unspecified atom stereocenters. The molecule has 5 rings (SSSR count). The SMILES string of the molecule is COc1ccc2cc(-c3ccc(OC4CCN(C(=O)[C@H]5CCCO5)CC4)cc3)cnc2c1. The number of hydrogen-bond donors (Lipinski definition) is 0. The highest BCUT2D eigenvalue weighted by atomic mass is 16.5. The number of fused-ring (bicyclic) bond motifs is 1. The Kier molecular flexibility index (Phi) is 5.95. The maximum atomic E-state index is 12.5. The molecule has 0 bridgehead atoms. The number of amides is 1. The summed E-state index contributed by atoms with van der Waals surface area (Å²) in [7, 11) is 1.66. The van der Waals surface area contributed by atoms with E-state index in [0.717, 1.165) is 72.3 Å². The quantitative estimate of drug-likeness (QED) is 0.596. The molecule has 1 atom stereocenters. The lowest BCUT2D eigenvalue weighted by atomic mass is 10.0. The van der Waals surface area contributed by atoms with Crippen molar-refractivity contribution in [1.82, 2.24) is 9.88 Å². The van der Waals surface area contributed by atoms with Crippen molar-refractivity contribution in [2.75, 3.05) is 26.8 Å². The highest BCUT2D eigenvalue weighted by Gasteiger charge is 2.31. The first-order chi connectivity index (χ1) is 15.7. The van der Waals surface area contributed by atoms with Crippen LogP contribution in [0.25, 0.3) is 22.0 Å². The van der Waals surface area contributed by atoms with Crippen LogP contribution in [-0.4, -0.2) is 54.8 Å². The smallest absolute Gasteiger partial charge is 0.251 e. The van der Waals surface area contributed by atoms with E-state index in [0.29, 0.717) is 6.61 Å². The Morgan fingerprint density at radius 3 is 2.50 bits per heavy atom. The number of hydrogen-bond acceptors (Lipinski definition) is 5. The molecule has 0 saturated carbocycles. The Morgan fingerprint density at radius 2 is 1.78 bits per heavy atom. The molecule has 2 saturated heterocycles. The zero-order chi connectivity index (χ0) is 21.9. The number of piperidine rings is 1. The van der Waals surface area contributed by atoms with Gasteiger partial charge in [-0.15, -0.1) is 0 Å². The first-order valence-corrected chi connectivity index (χ1v) is 11.3. The summed E-state index contributed by atoms with van der Waals surface area (Å²) < 4.78 is 17.0. The molecular formula is C26H28N2O4. The molecule has 0 aliphatic carbocycles. The summed E-state index contributed by atoms with van der Waals surface area (Å²) in [5, 5.41) is 1.08. The number of likely N-dealkylation sites (tertiary alicyclic amines) is 1. The molecule has 1 amide bonds. The molecule has 0 radical (unpaired) electrons. The number of benzene rings is 2. The van der Waals surface area contributed by atoms with E-state index < -0.39 is 0 Å². The maximum absolute atomic E-state index is 12.5. The van der Waals surface area contributed by atoms with Gasteiger partial charge < -0.3 is 19.1 Å². The Hall–Kier alpha value is -3.12. The average molecular weight is 433 g/mol. The summed E-state index contributed by atoms with van der Waals surface area (Å²) in [6, 6.07) is 16.2. The minimum atomic E-state index is -0.230. The summed E-state index contributed by atoms with van der Waals surface area (Å²) in [6.45, 7) is 2.17. The summed E-state index contributed by atoms with van der Waals surface area (Å²) >= 11 is 0. The van der Waals surface area contributed by atoms with Gasteiger partial charge in [0, 0.05) is 55.8 Å². The van der Waals surface area contributed by atoms with Crippen molar-refractivity contribution in [3.63, 3.8) is 0 Å². The standard InChI is InChI=1S/C26H28N2O4/c1-30-23-9-6-19-15-20(17-27-24(19)16-23)18-4-7-21(8-5-18)32-22-10-12-28(13-11-22)26(29)25-3-2-14-31-25/h4-9,15-17,22,25H,2-3,10-14H2,1H3/t25-/m1/s1. The van der Waals surface area contributed by atoms with Crippen molar-refractivity contribution >= 4 is 16.8 Å². The number of methoxy groups -OCH3 is 1. The molecule has 6 nitrogen and oxygen atoms in total. The van der Waals surface area contributed by atoms with Gasteiger partial charge in [-0.2, -0.15) is 0 Å². The number of ether oxygens (including phenoxy) is 3. The van der Waals surface area contributed by atoms with E-state index >= 15 is 0 Å². The lowest BCUT2D eigenvalue weighted by Crippen LogP contribution is -2.45. The molecule has 2 fully saturated rings. The van der Waals surface area contributed by atoms with Crippen LogP contribution < -0.4 is 9.47 Å². The van der Waals surface area contributed by atoms with Gasteiger partial charge in [-0.3, -0.25) is 9.78 Å². The lowest BCUT2D eigenvalue weighted by molar-refractivity contribution is -0.142. The van der Waals surface area contributed by atoms with Crippen molar-refractivity contribution < 1.29 is 19.0 Å². The molecule has 0 spiro atoms. The Bertz CT molecular complexity index is 1080. The maximum Gasteiger partial charge on any atom is 0.251 e. The third-order valence-electron chi connectivity index (χ3n) is 6.34. The van der Waals surface area contributed by atoms with E-state index in [9.17, 15) is 4.79 Å². The highest BCUT2D eigenvalue weighted by molar-refractivity contribution is 5.84. The normalized spacial score (nSPS) is 19.3. The second-order valence-corrected chi connectivity index (χ2v) is 8.45. The second-order valence-electron chi connectivity index (χ2n) is 8.45. The van der Waals surface area contributed by atoms with Crippen LogP contribution in [0.1, 0.15) is 25.7 Å². The fraction of sp³-hybridized carbons (Fsp3) is 0.385. The third-order valence-corrected chi connectivity index (χ3v) is 6.34. The molecule has 3 aromatic rings. The van der Waals surface area contributed by atoms with Crippen molar-refractivity contribution in [2.45, 2.75) is 37.9 Å². The number of pyridine rings is 1. The minimum absolute atomic E-state index is 0.131. The van der Waals surface area contributed by atoms with Gasteiger partial charge in [0.25, 0.3) is 5.91 Å². The van der Waals surface area contributed by atoms with Gasteiger partial charge in [0.05, 0.1) is 12.6 Å². The lowest BCUT2D eigenvalue weighted by Gasteiger charge is -2.33. The van der Waals surface area contributed by atoms with Crippen LogP contribution in [0.2, 0.25) is 0 Å². The van der Waals surface area contributed by atoms with E-state index in [2.05, 4.69) is 23.2 Å². The molecule has 166 valence electrons. The van der Waals surface area contributed by atoms with Gasteiger partial charge in [0.2, 0.25) is 0 Å². The number of carbonyl (C=O) groups is 1. The summed E-state index contributed by atoms with van der Waals surface area (Å²) in [5.41, 5.74) is 3.08. The molecule has 1 aromatic heterocycles. The predicted octanol–water partition coefficient (Wildman–Crippen LogP) is 4.46. The van der Waals surface area contributed by atoms with Crippen molar-refractivity contribution in [2.24, 2.45) is 0 Å². The van der Waals surface area contributed by atoms with Gasteiger partial charge in [0.1, 0.15) is 23.7 Å². The predicted molar refractivity (Wildman–Crippen MR) is 123 cm³/mol. The van der Waals surface area contributed by atoms with Crippen LogP contribution in [0.4, 0.5) is 0 Å². The van der Waals surface area contributed by atoms with Gasteiger partial charge in [-0.25, -0.2) is 0 Å². The molecule has 32 heavy (non-hydrogen) atoms. The average Bonchev–Trinajstić information content (AvgIpc) is 3.39. The van der Waals surface area contributed by atoms with Gasteiger partial charge in [-0.05, 0) is 48.7 Å². The minimum Gasteiger partial charge on any atom is -0.497 e. The summed E-state index contributed by atoms with van der Waals surface area (Å²) in [6.07, 6.45) is 5.31. The van der Waals surface area contributed by atoms with Crippen LogP contribution in [0, 0.1) is 0 Å². The zero-order valence-corrected chi connectivity index (χ0v) is 18.3. The Balaban J connectivity index is 1.19. The first kappa shape index (κ1) is 20.8. The van der Waals surface area contributed by atoms with Crippen LogP contribution >= 0.6 is 0 Å². The number of aromatic nitrogens is 1. The summed E-state index contributed by atoms with van der Waals surface area (Å²) in [4.78, 5) is 19.0. The highest BCUT2D eigenvalue weighted by Crippen LogP contribution is 2.28. The van der Waals surface area contributed by atoms with E-state index in [1.54, 1.807) is 7.11 Å². The molecule has 2 aliphatic heterocycles. The number of nitrogens with zero attached hydrogens (tertiary/aromatic N) is 2. The molecule has 2 aliphatic rings.